The third kappa shape index (κ3) is 3.93. The highest BCUT2D eigenvalue weighted by Crippen LogP contribution is 2.21. The molecule has 1 saturated heterocycles. The first-order valence-corrected chi connectivity index (χ1v) is 11.2. The molecule has 0 bridgehead atoms. The van der Waals surface area contributed by atoms with Gasteiger partial charge in [-0.15, -0.1) is 0 Å². The number of piperidine rings is 1. The SMILES string of the molecule is COC1CN(Cc2ccc([Si](C)(C)C)cc2)CCC1C. The second-order valence-electron chi connectivity index (χ2n) is 7.22. The predicted octanol–water partition coefficient (Wildman–Crippen LogP) is 3.09. The normalized spacial score (nSPS) is 24.9. The summed E-state index contributed by atoms with van der Waals surface area (Å²) < 4.78 is 5.60. The quantitative estimate of drug-likeness (QED) is 0.791. The largest absolute Gasteiger partial charge is 0.380 e. The lowest BCUT2D eigenvalue weighted by atomic mass is 9.95. The summed E-state index contributed by atoms with van der Waals surface area (Å²) >= 11 is 0. The molecule has 20 heavy (non-hydrogen) atoms. The van der Waals surface area contributed by atoms with Gasteiger partial charge in [0.25, 0.3) is 0 Å². The number of likely N-dealkylation sites (tertiary alicyclic amines) is 1. The van der Waals surface area contributed by atoms with Crippen molar-refractivity contribution in [1.29, 1.82) is 0 Å². The van der Waals surface area contributed by atoms with Crippen LogP contribution in [0.3, 0.4) is 0 Å². The molecule has 1 aliphatic heterocycles. The van der Waals surface area contributed by atoms with E-state index >= 15 is 0 Å². The Labute approximate surface area is 125 Å². The smallest absolute Gasteiger partial charge is 0.0775 e. The molecule has 1 heterocycles. The lowest BCUT2D eigenvalue weighted by molar-refractivity contribution is -0.00744. The molecule has 0 aliphatic carbocycles. The van der Waals surface area contributed by atoms with Crippen LogP contribution in [0.5, 0.6) is 0 Å². The standard InChI is InChI=1S/C17H29NOSi/c1-14-10-11-18(13-17(14)19-2)12-15-6-8-16(9-7-15)20(3,4)5/h6-9,14,17H,10-13H2,1-5H3. The van der Waals surface area contributed by atoms with Crippen LogP contribution in [0.4, 0.5) is 0 Å². The van der Waals surface area contributed by atoms with Gasteiger partial charge in [0.1, 0.15) is 0 Å². The summed E-state index contributed by atoms with van der Waals surface area (Å²) in [6.45, 7) is 12.8. The number of benzene rings is 1. The molecule has 2 atom stereocenters. The molecule has 2 unspecified atom stereocenters. The zero-order valence-electron chi connectivity index (χ0n) is 13.6. The monoisotopic (exact) mass is 291 g/mol. The van der Waals surface area contributed by atoms with Crippen LogP contribution in [0, 0.1) is 5.92 Å². The van der Waals surface area contributed by atoms with E-state index in [1.165, 1.54) is 18.5 Å². The van der Waals surface area contributed by atoms with E-state index in [-0.39, 0.29) is 0 Å². The van der Waals surface area contributed by atoms with Crippen molar-refractivity contribution >= 4 is 13.3 Å². The van der Waals surface area contributed by atoms with Crippen molar-refractivity contribution in [3.05, 3.63) is 29.8 Å². The molecule has 0 saturated carbocycles. The summed E-state index contributed by atoms with van der Waals surface area (Å²) in [5.41, 5.74) is 1.43. The van der Waals surface area contributed by atoms with E-state index in [0.717, 1.165) is 13.1 Å². The van der Waals surface area contributed by atoms with E-state index in [4.69, 9.17) is 4.74 Å². The Bertz CT molecular complexity index is 424. The molecule has 0 radical (unpaired) electrons. The highest BCUT2D eigenvalue weighted by atomic mass is 28.3. The number of hydrogen-bond acceptors (Lipinski definition) is 2. The van der Waals surface area contributed by atoms with Gasteiger partial charge in [-0.1, -0.05) is 56.0 Å². The lowest BCUT2D eigenvalue weighted by Gasteiger charge is -2.36. The summed E-state index contributed by atoms with van der Waals surface area (Å²) in [5.74, 6) is 0.686. The second kappa shape index (κ2) is 6.42. The molecule has 0 N–H and O–H groups in total. The average Bonchev–Trinajstić information content (AvgIpc) is 2.40. The van der Waals surface area contributed by atoms with Gasteiger partial charge >= 0.3 is 0 Å². The molecule has 0 spiro atoms. The fourth-order valence-electron chi connectivity index (χ4n) is 2.92. The second-order valence-corrected chi connectivity index (χ2v) is 12.3. The predicted molar refractivity (Wildman–Crippen MR) is 89.3 cm³/mol. The Morgan fingerprint density at radius 3 is 2.40 bits per heavy atom. The van der Waals surface area contributed by atoms with Gasteiger partial charge in [-0.3, -0.25) is 4.90 Å². The van der Waals surface area contributed by atoms with E-state index < -0.39 is 8.07 Å². The maximum Gasteiger partial charge on any atom is 0.0775 e. The summed E-state index contributed by atoms with van der Waals surface area (Å²) in [6.07, 6.45) is 1.64. The molecule has 3 heteroatoms. The van der Waals surface area contributed by atoms with E-state index in [2.05, 4.69) is 55.7 Å². The van der Waals surface area contributed by atoms with Crippen molar-refractivity contribution in [2.24, 2.45) is 5.92 Å². The zero-order valence-corrected chi connectivity index (χ0v) is 14.6. The topological polar surface area (TPSA) is 12.5 Å². The van der Waals surface area contributed by atoms with Crippen molar-refractivity contribution in [3.63, 3.8) is 0 Å². The Morgan fingerprint density at radius 2 is 1.85 bits per heavy atom. The first-order chi connectivity index (χ1) is 9.40. The number of ether oxygens (including phenoxy) is 1. The molecule has 0 amide bonds. The summed E-state index contributed by atoms with van der Waals surface area (Å²) in [7, 11) is 0.673. The minimum Gasteiger partial charge on any atom is -0.380 e. The summed E-state index contributed by atoms with van der Waals surface area (Å²) in [5, 5.41) is 1.54. The third-order valence-corrected chi connectivity index (χ3v) is 6.57. The Balaban J connectivity index is 1.97. The molecular formula is C17H29NOSi. The number of hydrogen-bond donors (Lipinski definition) is 0. The van der Waals surface area contributed by atoms with Gasteiger partial charge in [0, 0.05) is 20.2 Å². The van der Waals surface area contributed by atoms with Crippen molar-refractivity contribution in [2.45, 2.75) is 45.6 Å². The van der Waals surface area contributed by atoms with Crippen LogP contribution in [0.25, 0.3) is 0 Å². The van der Waals surface area contributed by atoms with Gasteiger partial charge in [-0.05, 0) is 24.4 Å². The van der Waals surface area contributed by atoms with Crippen LogP contribution in [-0.4, -0.2) is 39.3 Å². The molecule has 0 aromatic heterocycles. The van der Waals surface area contributed by atoms with Gasteiger partial charge in [-0.25, -0.2) is 0 Å². The minimum atomic E-state index is -1.17. The van der Waals surface area contributed by atoms with Gasteiger partial charge < -0.3 is 4.74 Å². The molecule has 2 rings (SSSR count). The Morgan fingerprint density at radius 1 is 1.20 bits per heavy atom. The van der Waals surface area contributed by atoms with Crippen LogP contribution < -0.4 is 5.19 Å². The maximum atomic E-state index is 5.60. The van der Waals surface area contributed by atoms with Crippen LogP contribution in [0.2, 0.25) is 19.6 Å². The molecular weight excluding hydrogens is 262 g/mol. The molecule has 1 fully saturated rings. The Hall–Kier alpha value is -0.643. The minimum absolute atomic E-state index is 0.394. The van der Waals surface area contributed by atoms with Gasteiger partial charge in [-0.2, -0.15) is 0 Å². The van der Waals surface area contributed by atoms with Crippen molar-refractivity contribution in [2.75, 3.05) is 20.2 Å². The number of nitrogens with zero attached hydrogens (tertiary/aromatic N) is 1. The van der Waals surface area contributed by atoms with Gasteiger partial charge in [0.2, 0.25) is 0 Å². The highest BCUT2D eigenvalue weighted by molar-refractivity contribution is 6.88. The average molecular weight is 292 g/mol. The summed E-state index contributed by atoms with van der Waals surface area (Å²) in [4.78, 5) is 2.53. The first kappa shape index (κ1) is 15.7. The maximum absolute atomic E-state index is 5.60. The first-order valence-electron chi connectivity index (χ1n) is 7.74. The highest BCUT2D eigenvalue weighted by Gasteiger charge is 2.25. The lowest BCUT2D eigenvalue weighted by Crippen LogP contribution is -2.43. The molecule has 1 aliphatic rings. The van der Waals surface area contributed by atoms with Crippen LogP contribution in [0.15, 0.2) is 24.3 Å². The Kier molecular flexibility index (Phi) is 5.05. The van der Waals surface area contributed by atoms with Crippen LogP contribution in [-0.2, 0) is 11.3 Å². The fraction of sp³-hybridized carbons (Fsp3) is 0.647. The van der Waals surface area contributed by atoms with Crippen molar-refractivity contribution in [1.82, 2.24) is 4.90 Å². The van der Waals surface area contributed by atoms with E-state index in [9.17, 15) is 0 Å². The number of methoxy groups -OCH3 is 1. The van der Waals surface area contributed by atoms with Crippen LogP contribution >= 0.6 is 0 Å². The van der Waals surface area contributed by atoms with Crippen molar-refractivity contribution < 1.29 is 4.74 Å². The van der Waals surface area contributed by atoms with Crippen molar-refractivity contribution in [3.8, 4) is 0 Å². The molecule has 112 valence electrons. The fourth-order valence-corrected chi connectivity index (χ4v) is 4.08. The van der Waals surface area contributed by atoms with E-state index in [1.807, 2.05) is 7.11 Å². The van der Waals surface area contributed by atoms with E-state index in [0.29, 0.717) is 12.0 Å². The molecule has 1 aromatic rings. The van der Waals surface area contributed by atoms with Crippen LogP contribution in [0.1, 0.15) is 18.9 Å². The van der Waals surface area contributed by atoms with Gasteiger partial charge in [0.15, 0.2) is 0 Å². The zero-order chi connectivity index (χ0) is 14.8. The molecule has 2 nitrogen and oxygen atoms in total. The molecule has 1 aromatic carbocycles. The van der Waals surface area contributed by atoms with E-state index in [1.54, 1.807) is 5.19 Å². The summed E-state index contributed by atoms with van der Waals surface area (Å²) in [6, 6.07) is 9.30. The van der Waals surface area contributed by atoms with Gasteiger partial charge in [0.05, 0.1) is 14.2 Å². The third-order valence-electron chi connectivity index (χ3n) is 4.50. The number of rotatable bonds is 4.